The Balaban J connectivity index is 1.52. The molecule has 1 heterocycles. The zero-order chi connectivity index (χ0) is 31.2. The van der Waals surface area contributed by atoms with E-state index < -0.39 is 29.1 Å². The third-order valence-electron chi connectivity index (χ3n) is 8.46. The van der Waals surface area contributed by atoms with Gasteiger partial charge in [-0.3, -0.25) is 13.9 Å². The van der Waals surface area contributed by atoms with E-state index in [1.807, 2.05) is 0 Å². The molecule has 2 saturated carbocycles. The van der Waals surface area contributed by atoms with Gasteiger partial charge in [0.05, 0.1) is 24.1 Å². The number of rotatable bonds is 12. The minimum absolute atomic E-state index is 0.152. The van der Waals surface area contributed by atoms with Gasteiger partial charge in [0.1, 0.15) is 23.8 Å². The molecule has 0 aliphatic heterocycles. The minimum atomic E-state index is -3.94. The molecule has 2 aliphatic carbocycles. The normalized spacial score (nSPS) is 15.1. The van der Waals surface area contributed by atoms with Gasteiger partial charge in [-0.1, -0.05) is 19.1 Å². The van der Waals surface area contributed by atoms with Gasteiger partial charge in [-0.15, -0.1) is 0 Å². The van der Waals surface area contributed by atoms with Gasteiger partial charge in [0.2, 0.25) is 10.0 Å². The highest BCUT2D eigenvalue weighted by atomic mass is 32.2. The Morgan fingerprint density at radius 3 is 2.27 bits per heavy atom. The number of hydrogen-bond donors (Lipinski definition) is 1. The Labute approximate surface area is 255 Å². The summed E-state index contributed by atoms with van der Waals surface area (Å²) in [6, 6.07) is 15.7. The van der Waals surface area contributed by atoms with E-state index in [-0.39, 0.29) is 46.7 Å². The number of carbonyl (C=O) groups excluding carboxylic acids is 2. The summed E-state index contributed by atoms with van der Waals surface area (Å²) in [6.45, 7) is 0.347. The van der Waals surface area contributed by atoms with Gasteiger partial charge in [0, 0.05) is 40.6 Å². The Morgan fingerprint density at radius 1 is 1.00 bits per heavy atom. The maximum Gasteiger partial charge on any atom is 0.251 e. The summed E-state index contributed by atoms with van der Waals surface area (Å²) < 4.78 is 60.5. The lowest BCUT2D eigenvalue weighted by Gasteiger charge is -2.24. The zero-order valence-corrected chi connectivity index (χ0v) is 25.4. The SMILES string of the molecule is CCC(=O)c1c(-c2ccc(F)cc2)oc2cc(N(CCF)S(C)(=O)=O)c(-c3cccc(C(=O)NC(C4CC4)C4CC4)c3)cc12. The second kappa shape index (κ2) is 11.8. The quantitative estimate of drug-likeness (QED) is 0.170. The lowest BCUT2D eigenvalue weighted by molar-refractivity contribution is 0.0925. The van der Waals surface area contributed by atoms with E-state index in [2.05, 4.69) is 5.32 Å². The van der Waals surface area contributed by atoms with Gasteiger partial charge < -0.3 is 9.73 Å². The standard InChI is InChI=1S/C34H34F2N2O5S/c1-3-29(39)31-27-18-26(23-5-4-6-24(17-23)34(40)37-32(20-7-8-20)21-9-10-21)28(38(16-15-35)44(2,41)42)19-30(27)43-33(31)22-11-13-25(36)14-12-22/h4-6,11-14,17-21,32H,3,7-10,15-16H2,1-2H3,(H,37,40). The van der Waals surface area contributed by atoms with Crippen molar-refractivity contribution in [3.05, 3.63) is 77.6 Å². The lowest BCUT2D eigenvalue weighted by atomic mass is 9.95. The Kier molecular flexibility index (Phi) is 8.04. The summed E-state index contributed by atoms with van der Waals surface area (Å²) in [5, 5.41) is 3.65. The number of carbonyl (C=O) groups is 2. The molecule has 0 bridgehead atoms. The van der Waals surface area contributed by atoms with Gasteiger partial charge in [-0.25, -0.2) is 17.2 Å². The van der Waals surface area contributed by atoms with Crippen molar-refractivity contribution in [1.82, 2.24) is 5.32 Å². The molecule has 6 rings (SSSR count). The highest BCUT2D eigenvalue weighted by Gasteiger charge is 2.42. The van der Waals surface area contributed by atoms with Crippen LogP contribution < -0.4 is 9.62 Å². The van der Waals surface area contributed by atoms with E-state index in [0.29, 0.717) is 39.5 Å². The Hall–Kier alpha value is -4.05. The van der Waals surface area contributed by atoms with E-state index >= 15 is 0 Å². The van der Waals surface area contributed by atoms with E-state index in [1.165, 1.54) is 30.3 Å². The van der Waals surface area contributed by atoms with Crippen molar-refractivity contribution < 1.29 is 31.2 Å². The molecule has 4 aromatic rings. The number of furan rings is 1. The number of hydrogen-bond acceptors (Lipinski definition) is 5. The largest absolute Gasteiger partial charge is 0.455 e. The molecule has 1 N–H and O–H groups in total. The van der Waals surface area contributed by atoms with Crippen LogP contribution >= 0.6 is 0 Å². The molecule has 0 unspecified atom stereocenters. The van der Waals surface area contributed by atoms with E-state index in [1.54, 1.807) is 37.3 Å². The van der Waals surface area contributed by atoms with Crippen LogP contribution in [0, 0.1) is 17.7 Å². The van der Waals surface area contributed by atoms with Gasteiger partial charge >= 0.3 is 0 Å². The second-order valence-corrected chi connectivity index (χ2v) is 13.6. The third-order valence-corrected chi connectivity index (χ3v) is 9.64. The van der Waals surface area contributed by atoms with Crippen molar-refractivity contribution in [2.75, 3.05) is 23.8 Å². The highest BCUT2D eigenvalue weighted by molar-refractivity contribution is 7.92. The first kappa shape index (κ1) is 30.0. The van der Waals surface area contributed by atoms with E-state index in [0.717, 1.165) is 36.2 Å². The first-order valence-electron chi connectivity index (χ1n) is 14.9. The number of nitrogens with zero attached hydrogens (tertiary/aromatic N) is 1. The molecule has 44 heavy (non-hydrogen) atoms. The molecule has 2 aliphatic rings. The molecule has 230 valence electrons. The number of amides is 1. The van der Waals surface area contributed by atoms with Crippen LogP contribution in [0.15, 0.2) is 65.1 Å². The summed E-state index contributed by atoms with van der Waals surface area (Å²) in [7, 11) is -3.94. The number of alkyl halides is 1. The van der Waals surface area contributed by atoms with Gasteiger partial charge in [-0.05, 0) is 85.5 Å². The van der Waals surface area contributed by atoms with Crippen LogP contribution in [0.1, 0.15) is 59.7 Å². The number of ketones is 1. The maximum absolute atomic E-state index is 13.8. The third kappa shape index (κ3) is 6.00. The molecule has 3 aromatic carbocycles. The summed E-state index contributed by atoms with van der Waals surface area (Å²) in [5.41, 5.74) is 2.46. The van der Waals surface area contributed by atoms with Gasteiger partial charge in [0.25, 0.3) is 5.91 Å². The average Bonchev–Trinajstić information content (AvgIpc) is 3.95. The summed E-state index contributed by atoms with van der Waals surface area (Å²) >= 11 is 0. The molecule has 0 atom stereocenters. The van der Waals surface area contributed by atoms with E-state index in [4.69, 9.17) is 4.42 Å². The predicted octanol–water partition coefficient (Wildman–Crippen LogP) is 7.15. The van der Waals surface area contributed by atoms with Crippen LogP contribution in [-0.2, 0) is 10.0 Å². The van der Waals surface area contributed by atoms with Gasteiger partial charge in [-0.2, -0.15) is 0 Å². The fourth-order valence-corrected chi connectivity index (χ4v) is 6.87. The van der Waals surface area contributed by atoms with Crippen molar-refractivity contribution in [1.29, 1.82) is 0 Å². The van der Waals surface area contributed by atoms with Crippen molar-refractivity contribution >= 4 is 38.4 Å². The van der Waals surface area contributed by atoms with Crippen LogP contribution in [-0.4, -0.2) is 45.6 Å². The van der Waals surface area contributed by atoms with Crippen molar-refractivity contribution in [2.24, 2.45) is 11.8 Å². The monoisotopic (exact) mass is 620 g/mol. The number of anilines is 1. The topological polar surface area (TPSA) is 96.7 Å². The van der Waals surface area contributed by atoms with Crippen LogP contribution in [0.5, 0.6) is 0 Å². The van der Waals surface area contributed by atoms with Crippen LogP contribution in [0.4, 0.5) is 14.5 Å². The first-order chi connectivity index (χ1) is 21.1. The van der Waals surface area contributed by atoms with E-state index in [9.17, 15) is 26.8 Å². The number of fused-ring (bicyclic) bond motifs is 1. The van der Waals surface area contributed by atoms with Gasteiger partial charge in [0.15, 0.2) is 5.78 Å². The second-order valence-electron chi connectivity index (χ2n) is 11.7. The van der Waals surface area contributed by atoms with Crippen molar-refractivity contribution in [3.63, 3.8) is 0 Å². The highest BCUT2D eigenvalue weighted by Crippen LogP contribution is 2.45. The van der Waals surface area contributed by atoms with Crippen molar-refractivity contribution in [3.8, 4) is 22.5 Å². The molecule has 1 amide bonds. The summed E-state index contributed by atoms with van der Waals surface area (Å²) in [6.07, 6.45) is 5.62. The Bertz CT molecular complexity index is 1830. The van der Waals surface area contributed by atoms with Crippen LogP contribution in [0.2, 0.25) is 0 Å². The number of benzene rings is 3. The molecule has 0 radical (unpaired) electrons. The number of halogens is 2. The fourth-order valence-electron chi connectivity index (χ4n) is 5.96. The molecular formula is C34H34F2N2O5S. The molecule has 0 spiro atoms. The minimum Gasteiger partial charge on any atom is -0.455 e. The number of Topliss-reactive ketones (excluding diaryl/α,β-unsaturated/α-hetero) is 1. The molecule has 1 aromatic heterocycles. The molecular weight excluding hydrogens is 586 g/mol. The molecule has 10 heteroatoms. The number of sulfonamides is 1. The first-order valence-corrected chi connectivity index (χ1v) is 16.8. The summed E-state index contributed by atoms with van der Waals surface area (Å²) in [4.78, 5) is 26.7. The lowest BCUT2D eigenvalue weighted by Crippen LogP contribution is -2.38. The molecule has 0 saturated heterocycles. The Morgan fingerprint density at radius 2 is 1.68 bits per heavy atom. The zero-order valence-electron chi connectivity index (χ0n) is 24.6. The fraction of sp³-hybridized carbons (Fsp3) is 0.353. The average molecular weight is 621 g/mol. The van der Waals surface area contributed by atoms with Crippen LogP contribution in [0.25, 0.3) is 33.4 Å². The number of nitrogens with one attached hydrogen (secondary N) is 1. The molecule has 7 nitrogen and oxygen atoms in total. The van der Waals surface area contributed by atoms with Crippen molar-refractivity contribution in [2.45, 2.75) is 45.1 Å². The maximum atomic E-state index is 13.8. The van der Waals surface area contributed by atoms with Crippen LogP contribution in [0.3, 0.4) is 0 Å². The molecule has 2 fully saturated rings. The predicted molar refractivity (Wildman–Crippen MR) is 167 cm³/mol. The smallest absolute Gasteiger partial charge is 0.251 e. The summed E-state index contributed by atoms with van der Waals surface area (Å²) in [5.74, 6) is 0.385.